The number of benzene rings is 1. The van der Waals surface area contributed by atoms with Gasteiger partial charge in [0.15, 0.2) is 0 Å². The fraction of sp³-hybridized carbons (Fsp3) is 0.429. The number of fused-ring (bicyclic) bond motifs is 1. The van der Waals surface area contributed by atoms with E-state index in [0.29, 0.717) is 12.6 Å². The highest BCUT2D eigenvalue weighted by Gasteiger charge is 2.18. The Morgan fingerprint density at radius 1 is 1.35 bits per heavy atom. The summed E-state index contributed by atoms with van der Waals surface area (Å²) >= 11 is 0. The lowest BCUT2D eigenvalue weighted by molar-refractivity contribution is 0.0974. The van der Waals surface area contributed by atoms with Crippen LogP contribution in [-0.2, 0) is 17.8 Å². The highest BCUT2D eigenvalue weighted by Crippen LogP contribution is 2.22. The summed E-state index contributed by atoms with van der Waals surface area (Å²) in [6, 6.07) is 10.6. The summed E-state index contributed by atoms with van der Waals surface area (Å²) in [5.41, 5.74) is 8.29. The fourth-order valence-corrected chi connectivity index (χ4v) is 2.64. The van der Waals surface area contributed by atoms with Crippen LogP contribution in [0.25, 0.3) is 10.9 Å². The van der Waals surface area contributed by atoms with E-state index in [1.54, 1.807) is 0 Å². The summed E-state index contributed by atoms with van der Waals surface area (Å²) < 4.78 is 8.02. The molecule has 90 valence electrons. The molecule has 2 N–H and O–H groups in total. The standard InChI is InChI=1S/C14H18N2O/c15-9-12-8-11-4-1-2-6-14(11)16(12)10-13-5-3-7-17-13/h1-2,4,6,8,13H,3,5,7,9-10,15H2. The summed E-state index contributed by atoms with van der Waals surface area (Å²) in [6.07, 6.45) is 2.70. The summed E-state index contributed by atoms with van der Waals surface area (Å²) in [6.45, 7) is 2.42. The minimum absolute atomic E-state index is 0.358. The average molecular weight is 230 g/mol. The van der Waals surface area contributed by atoms with Gasteiger partial charge in [-0.1, -0.05) is 18.2 Å². The molecule has 0 amide bonds. The summed E-state index contributed by atoms with van der Waals surface area (Å²) in [4.78, 5) is 0. The van der Waals surface area contributed by atoms with Gasteiger partial charge in [-0.2, -0.15) is 0 Å². The fourth-order valence-electron chi connectivity index (χ4n) is 2.64. The Labute approximate surface area is 101 Å². The zero-order chi connectivity index (χ0) is 11.7. The van der Waals surface area contributed by atoms with Gasteiger partial charge in [-0.05, 0) is 30.4 Å². The first-order chi connectivity index (χ1) is 8.38. The van der Waals surface area contributed by atoms with Crippen molar-refractivity contribution in [2.75, 3.05) is 6.61 Å². The minimum Gasteiger partial charge on any atom is -0.376 e. The summed E-state index contributed by atoms with van der Waals surface area (Å²) in [5, 5.41) is 1.27. The van der Waals surface area contributed by atoms with Crippen molar-refractivity contribution >= 4 is 10.9 Å². The van der Waals surface area contributed by atoms with Crippen molar-refractivity contribution in [3.63, 3.8) is 0 Å². The largest absolute Gasteiger partial charge is 0.376 e. The van der Waals surface area contributed by atoms with Gasteiger partial charge < -0.3 is 15.0 Å². The number of aromatic nitrogens is 1. The lowest BCUT2D eigenvalue weighted by atomic mass is 10.2. The van der Waals surface area contributed by atoms with Gasteiger partial charge in [-0.3, -0.25) is 0 Å². The predicted molar refractivity (Wildman–Crippen MR) is 68.8 cm³/mol. The molecule has 0 saturated carbocycles. The molecule has 1 fully saturated rings. The van der Waals surface area contributed by atoms with Gasteiger partial charge in [0, 0.05) is 30.9 Å². The van der Waals surface area contributed by atoms with Crippen LogP contribution >= 0.6 is 0 Å². The van der Waals surface area contributed by atoms with Crippen LogP contribution < -0.4 is 5.73 Å². The van der Waals surface area contributed by atoms with E-state index in [1.807, 2.05) is 0 Å². The molecule has 0 aliphatic carbocycles. The Kier molecular flexibility index (Phi) is 2.87. The first-order valence-corrected chi connectivity index (χ1v) is 6.27. The Hall–Kier alpha value is -1.32. The molecule has 0 bridgehead atoms. The van der Waals surface area contributed by atoms with E-state index >= 15 is 0 Å². The number of rotatable bonds is 3. The monoisotopic (exact) mass is 230 g/mol. The SMILES string of the molecule is NCc1cc2ccccc2n1CC1CCCO1. The molecule has 1 aliphatic heterocycles. The maximum absolute atomic E-state index is 5.83. The molecular weight excluding hydrogens is 212 g/mol. The molecule has 1 aromatic heterocycles. The third-order valence-electron chi connectivity index (χ3n) is 3.52. The van der Waals surface area contributed by atoms with Crippen molar-refractivity contribution in [1.29, 1.82) is 0 Å². The van der Waals surface area contributed by atoms with Crippen LogP contribution in [0.5, 0.6) is 0 Å². The molecule has 1 aromatic carbocycles. The third kappa shape index (κ3) is 1.96. The number of nitrogens with zero attached hydrogens (tertiary/aromatic N) is 1. The second-order valence-electron chi connectivity index (χ2n) is 4.64. The Bertz CT molecular complexity index is 512. The van der Waals surface area contributed by atoms with Gasteiger partial charge in [0.25, 0.3) is 0 Å². The van der Waals surface area contributed by atoms with Gasteiger partial charge in [0.05, 0.1) is 6.10 Å². The Morgan fingerprint density at radius 3 is 3.00 bits per heavy atom. The van der Waals surface area contributed by atoms with Crippen molar-refractivity contribution in [1.82, 2.24) is 4.57 Å². The van der Waals surface area contributed by atoms with Crippen LogP contribution in [0.15, 0.2) is 30.3 Å². The molecule has 3 heteroatoms. The van der Waals surface area contributed by atoms with E-state index < -0.39 is 0 Å². The molecule has 3 rings (SSSR count). The molecule has 1 aliphatic rings. The maximum atomic E-state index is 5.83. The summed E-state index contributed by atoms with van der Waals surface area (Å²) in [7, 11) is 0. The van der Waals surface area contributed by atoms with Gasteiger partial charge in [-0.25, -0.2) is 0 Å². The van der Waals surface area contributed by atoms with Gasteiger partial charge in [0.2, 0.25) is 0 Å². The smallest absolute Gasteiger partial charge is 0.0754 e. The molecule has 3 nitrogen and oxygen atoms in total. The molecule has 1 saturated heterocycles. The number of nitrogens with two attached hydrogens (primary N) is 1. The quantitative estimate of drug-likeness (QED) is 0.878. The van der Waals surface area contributed by atoms with E-state index in [9.17, 15) is 0 Å². The van der Waals surface area contributed by atoms with Crippen molar-refractivity contribution in [2.24, 2.45) is 5.73 Å². The minimum atomic E-state index is 0.358. The predicted octanol–water partition coefficient (Wildman–Crippen LogP) is 2.28. The lowest BCUT2D eigenvalue weighted by Crippen LogP contribution is -2.17. The van der Waals surface area contributed by atoms with E-state index in [1.165, 1.54) is 23.0 Å². The molecule has 1 atom stereocenters. The highest BCUT2D eigenvalue weighted by atomic mass is 16.5. The topological polar surface area (TPSA) is 40.2 Å². The molecule has 17 heavy (non-hydrogen) atoms. The normalized spacial score (nSPS) is 20.2. The first kappa shape index (κ1) is 10.8. The maximum Gasteiger partial charge on any atom is 0.0754 e. The van der Waals surface area contributed by atoms with Crippen LogP contribution in [0.3, 0.4) is 0 Å². The van der Waals surface area contributed by atoms with E-state index in [0.717, 1.165) is 19.6 Å². The second kappa shape index (κ2) is 4.51. The Balaban J connectivity index is 1.99. The summed E-state index contributed by atoms with van der Waals surface area (Å²) in [5.74, 6) is 0. The van der Waals surface area contributed by atoms with Gasteiger partial charge >= 0.3 is 0 Å². The van der Waals surface area contributed by atoms with Gasteiger partial charge in [-0.15, -0.1) is 0 Å². The van der Waals surface area contributed by atoms with E-state index in [-0.39, 0.29) is 0 Å². The molecule has 2 aromatic rings. The second-order valence-corrected chi connectivity index (χ2v) is 4.64. The number of ether oxygens (including phenoxy) is 1. The van der Waals surface area contributed by atoms with E-state index in [2.05, 4.69) is 34.9 Å². The van der Waals surface area contributed by atoms with Gasteiger partial charge in [0.1, 0.15) is 0 Å². The van der Waals surface area contributed by atoms with Crippen LogP contribution in [-0.4, -0.2) is 17.3 Å². The average Bonchev–Trinajstić information content (AvgIpc) is 2.98. The van der Waals surface area contributed by atoms with E-state index in [4.69, 9.17) is 10.5 Å². The molecule has 2 heterocycles. The molecule has 0 radical (unpaired) electrons. The number of hydrogen-bond donors (Lipinski definition) is 1. The third-order valence-corrected chi connectivity index (χ3v) is 3.52. The lowest BCUT2D eigenvalue weighted by Gasteiger charge is -2.14. The zero-order valence-electron chi connectivity index (χ0n) is 9.93. The molecule has 1 unspecified atom stereocenters. The number of para-hydroxylation sites is 1. The van der Waals surface area contributed by atoms with Crippen molar-refractivity contribution in [2.45, 2.75) is 32.0 Å². The molecule has 0 spiro atoms. The first-order valence-electron chi connectivity index (χ1n) is 6.27. The van der Waals surface area contributed by atoms with Crippen LogP contribution in [0.1, 0.15) is 18.5 Å². The zero-order valence-corrected chi connectivity index (χ0v) is 9.93. The Morgan fingerprint density at radius 2 is 2.24 bits per heavy atom. The van der Waals surface area contributed by atoms with Crippen LogP contribution in [0, 0.1) is 0 Å². The highest BCUT2D eigenvalue weighted by molar-refractivity contribution is 5.81. The van der Waals surface area contributed by atoms with Crippen molar-refractivity contribution < 1.29 is 4.74 Å². The van der Waals surface area contributed by atoms with Crippen LogP contribution in [0.2, 0.25) is 0 Å². The van der Waals surface area contributed by atoms with Crippen molar-refractivity contribution in [3.8, 4) is 0 Å². The van der Waals surface area contributed by atoms with Crippen LogP contribution in [0.4, 0.5) is 0 Å². The molecular formula is C14H18N2O. The van der Waals surface area contributed by atoms with Crippen molar-refractivity contribution in [3.05, 3.63) is 36.0 Å². The number of hydrogen-bond acceptors (Lipinski definition) is 2.